The molecule has 0 aliphatic heterocycles. The lowest BCUT2D eigenvalue weighted by molar-refractivity contribution is -0.119. The van der Waals surface area contributed by atoms with E-state index in [1.165, 1.54) is 30.2 Å². The molecule has 0 bridgehead atoms. The number of nitrogens with zero attached hydrogens (tertiary/aromatic N) is 4. The van der Waals surface area contributed by atoms with E-state index in [1.807, 2.05) is 30.3 Å². The van der Waals surface area contributed by atoms with Crippen LogP contribution in [-0.4, -0.2) is 31.4 Å². The largest absolute Gasteiger partial charge is 0.348 e. The number of pyridine rings is 1. The molecule has 1 aliphatic carbocycles. The van der Waals surface area contributed by atoms with E-state index in [0.29, 0.717) is 11.7 Å². The fourth-order valence-corrected chi connectivity index (χ4v) is 4.22. The Morgan fingerprint density at radius 2 is 1.93 bits per heavy atom. The summed E-state index contributed by atoms with van der Waals surface area (Å²) in [5.41, 5.74) is 2.16. The van der Waals surface area contributed by atoms with Gasteiger partial charge in [-0.1, -0.05) is 49.0 Å². The lowest BCUT2D eigenvalue weighted by Crippen LogP contribution is -2.31. The molecule has 1 amide bonds. The minimum absolute atomic E-state index is 0.0345. The molecule has 6 nitrogen and oxygen atoms in total. The van der Waals surface area contributed by atoms with Crippen molar-refractivity contribution in [2.45, 2.75) is 43.9 Å². The van der Waals surface area contributed by atoms with Crippen molar-refractivity contribution in [2.24, 2.45) is 5.92 Å². The number of carbonyl (C=O) groups is 1. The molecular formula is C22H25N5OS. The highest BCUT2D eigenvalue weighted by Gasteiger charge is 2.33. The number of aromatic nitrogens is 4. The average molecular weight is 408 g/mol. The molecule has 2 heterocycles. The van der Waals surface area contributed by atoms with Gasteiger partial charge in [0.25, 0.3) is 0 Å². The van der Waals surface area contributed by atoms with E-state index in [-0.39, 0.29) is 11.9 Å². The van der Waals surface area contributed by atoms with Gasteiger partial charge in [-0.3, -0.25) is 9.78 Å². The van der Waals surface area contributed by atoms with Crippen molar-refractivity contribution < 1.29 is 4.79 Å². The minimum Gasteiger partial charge on any atom is -0.348 e. The number of rotatable bonds is 9. The number of thioether (sulfide) groups is 1. The van der Waals surface area contributed by atoms with Gasteiger partial charge in [0.05, 0.1) is 11.8 Å². The van der Waals surface area contributed by atoms with Crippen molar-refractivity contribution in [3.8, 4) is 11.4 Å². The van der Waals surface area contributed by atoms with Crippen LogP contribution in [0.2, 0.25) is 0 Å². The second-order valence-corrected chi connectivity index (χ2v) is 8.22. The van der Waals surface area contributed by atoms with Crippen LogP contribution in [0, 0.1) is 5.92 Å². The van der Waals surface area contributed by atoms with Crippen molar-refractivity contribution in [2.75, 3.05) is 5.75 Å². The number of hydrogen-bond acceptors (Lipinski definition) is 5. The standard InChI is InChI=1S/C22H25N5OS/c1-2-14-27-21(18-10-12-23-13-11-18)25-26-22(27)29-15-19(28)24-20(17-8-9-17)16-6-4-3-5-7-16/h3-7,10-13,17,20H,2,8-9,14-15H2,1H3,(H,24,28). The molecule has 4 rings (SSSR count). The highest BCUT2D eigenvalue weighted by Crippen LogP contribution is 2.41. The second-order valence-electron chi connectivity index (χ2n) is 7.28. The Hall–Kier alpha value is -2.67. The van der Waals surface area contributed by atoms with Gasteiger partial charge >= 0.3 is 0 Å². The fourth-order valence-electron chi connectivity index (χ4n) is 3.44. The van der Waals surface area contributed by atoms with Gasteiger partial charge in [0, 0.05) is 24.5 Å². The van der Waals surface area contributed by atoms with E-state index in [1.54, 1.807) is 12.4 Å². The monoisotopic (exact) mass is 407 g/mol. The summed E-state index contributed by atoms with van der Waals surface area (Å²) in [6.45, 7) is 2.93. The van der Waals surface area contributed by atoms with Crippen LogP contribution in [0.5, 0.6) is 0 Å². The van der Waals surface area contributed by atoms with Crippen LogP contribution in [0.15, 0.2) is 60.0 Å². The summed E-state index contributed by atoms with van der Waals surface area (Å²) in [5.74, 6) is 1.73. The number of hydrogen-bond donors (Lipinski definition) is 1. The SMILES string of the molecule is CCCn1c(SCC(=O)NC(c2ccccc2)C2CC2)nnc1-c1ccncc1. The van der Waals surface area contributed by atoms with Crippen molar-refractivity contribution in [1.82, 2.24) is 25.1 Å². The van der Waals surface area contributed by atoms with E-state index >= 15 is 0 Å². The first kappa shape index (κ1) is 19.6. The zero-order chi connectivity index (χ0) is 20.1. The summed E-state index contributed by atoms with van der Waals surface area (Å²) in [5, 5.41) is 12.7. The van der Waals surface area contributed by atoms with Crippen molar-refractivity contribution in [3.63, 3.8) is 0 Å². The Kier molecular flexibility index (Phi) is 6.24. The molecule has 29 heavy (non-hydrogen) atoms. The molecule has 1 aromatic carbocycles. The van der Waals surface area contributed by atoms with Gasteiger partial charge in [-0.05, 0) is 42.9 Å². The molecular weight excluding hydrogens is 382 g/mol. The molecule has 1 fully saturated rings. The Balaban J connectivity index is 1.43. The Labute approximate surface area is 175 Å². The maximum Gasteiger partial charge on any atom is 0.230 e. The zero-order valence-electron chi connectivity index (χ0n) is 16.5. The summed E-state index contributed by atoms with van der Waals surface area (Å²) in [7, 11) is 0. The van der Waals surface area contributed by atoms with E-state index in [2.05, 4.69) is 44.1 Å². The number of benzene rings is 1. The summed E-state index contributed by atoms with van der Waals surface area (Å²) in [4.78, 5) is 16.7. The molecule has 0 spiro atoms. The third-order valence-corrected chi connectivity index (χ3v) is 5.97. The van der Waals surface area contributed by atoms with Gasteiger partial charge in [-0.25, -0.2) is 0 Å². The van der Waals surface area contributed by atoms with Crippen LogP contribution in [-0.2, 0) is 11.3 Å². The molecule has 1 saturated carbocycles. The van der Waals surface area contributed by atoms with E-state index < -0.39 is 0 Å². The van der Waals surface area contributed by atoms with Crippen LogP contribution < -0.4 is 5.32 Å². The summed E-state index contributed by atoms with van der Waals surface area (Å²) >= 11 is 1.44. The molecule has 2 aromatic heterocycles. The van der Waals surface area contributed by atoms with Crippen LogP contribution in [0.25, 0.3) is 11.4 Å². The summed E-state index contributed by atoms with van der Waals surface area (Å²) < 4.78 is 2.09. The molecule has 1 unspecified atom stereocenters. The lowest BCUT2D eigenvalue weighted by atomic mass is 10.0. The van der Waals surface area contributed by atoms with Crippen LogP contribution in [0.3, 0.4) is 0 Å². The molecule has 0 saturated heterocycles. The van der Waals surface area contributed by atoms with Crippen molar-refractivity contribution in [3.05, 3.63) is 60.4 Å². The number of amides is 1. The van der Waals surface area contributed by atoms with Gasteiger partial charge in [-0.15, -0.1) is 10.2 Å². The van der Waals surface area contributed by atoms with Crippen LogP contribution >= 0.6 is 11.8 Å². The zero-order valence-corrected chi connectivity index (χ0v) is 17.3. The van der Waals surface area contributed by atoms with Crippen LogP contribution in [0.1, 0.15) is 37.8 Å². The summed E-state index contributed by atoms with van der Waals surface area (Å²) in [6, 6.07) is 14.2. The van der Waals surface area contributed by atoms with Gasteiger partial charge in [0.2, 0.25) is 5.91 Å². The first-order chi connectivity index (χ1) is 14.3. The smallest absolute Gasteiger partial charge is 0.230 e. The first-order valence-corrected chi connectivity index (χ1v) is 11.1. The summed E-state index contributed by atoms with van der Waals surface area (Å²) in [6.07, 6.45) is 6.82. The third kappa shape index (κ3) is 4.85. The van der Waals surface area contributed by atoms with Crippen LogP contribution in [0.4, 0.5) is 0 Å². The van der Waals surface area contributed by atoms with E-state index in [4.69, 9.17) is 0 Å². The van der Waals surface area contributed by atoms with Gasteiger partial charge in [0.1, 0.15) is 0 Å². The van der Waals surface area contributed by atoms with E-state index in [0.717, 1.165) is 29.5 Å². The predicted octanol–water partition coefficient (Wildman–Crippen LogP) is 4.11. The molecule has 1 atom stereocenters. The average Bonchev–Trinajstić information content (AvgIpc) is 3.53. The molecule has 0 radical (unpaired) electrons. The topological polar surface area (TPSA) is 72.7 Å². The quantitative estimate of drug-likeness (QED) is 0.541. The van der Waals surface area contributed by atoms with E-state index in [9.17, 15) is 4.79 Å². The van der Waals surface area contributed by atoms with Crippen molar-refractivity contribution >= 4 is 17.7 Å². The number of nitrogens with one attached hydrogen (secondary N) is 1. The predicted molar refractivity (Wildman–Crippen MR) is 114 cm³/mol. The highest BCUT2D eigenvalue weighted by molar-refractivity contribution is 7.99. The minimum atomic E-state index is 0.0345. The molecule has 3 aromatic rings. The fraction of sp³-hybridized carbons (Fsp3) is 0.364. The Morgan fingerprint density at radius 1 is 1.17 bits per heavy atom. The Bertz CT molecular complexity index is 940. The molecule has 1 N–H and O–H groups in total. The van der Waals surface area contributed by atoms with Gasteiger partial charge in [-0.2, -0.15) is 0 Å². The molecule has 1 aliphatic rings. The maximum absolute atomic E-state index is 12.7. The Morgan fingerprint density at radius 3 is 2.62 bits per heavy atom. The van der Waals surface area contributed by atoms with Gasteiger partial charge < -0.3 is 9.88 Å². The first-order valence-electron chi connectivity index (χ1n) is 10.1. The maximum atomic E-state index is 12.7. The van der Waals surface area contributed by atoms with Crippen molar-refractivity contribution in [1.29, 1.82) is 0 Å². The normalized spacial score (nSPS) is 14.5. The highest BCUT2D eigenvalue weighted by atomic mass is 32.2. The molecule has 150 valence electrons. The second kappa shape index (κ2) is 9.22. The van der Waals surface area contributed by atoms with Gasteiger partial charge in [0.15, 0.2) is 11.0 Å². The number of carbonyl (C=O) groups excluding carboxylic acids is 1. The lowest BCUT2D eigenvalue weighted by Gasteiger charge is -2.18. The third-order valence-electron chi connectivity index (χ3n) is 5.00. The molecule has 7 heteroatoms.